The SMILES string of the molecule is Cl.Cl.NCCc1nc(C2CN3CCCC3CO2)n[nH]1. The number of nitrogens with two attached hydrogens (primary N) is 1. The normalized spacial score (nSPS) is 26.4. The monoisotopic (exact) mass is 309 g/mol. The number of rotatable bonds is 3. The van der Waals surface area contributed by atoms with E-state index in [1.54, 1.807) is 0 Å². The summed E-state index contributed by atoms with van der Waals surface area (Å²) in [6.45, 7) is 3.51. The Bertz CT molecular complexity index is 389. The third-order valence-corrected chi connectivity index (χ3v) is 3.61. The Morgan fingerprint density at radius 2 is 2.26 bits per heavy atom. The van der Waals surface area contributed by atoms with Crippen LogP contribution >= 0.6 is 24.8 Å². The van der Waals surface area contributed by atoms with Gasteiger partial charge in [-0.1, -0.05) is 0 Å². The first kappa shape index (κ1) is 16.7. The van der Waals surface area contributed by atoms with E-state index in [1.165, 1.54) is 19.4 Å². The van der Waals surface area contributed by atoms with E-state index in [0.717, 1.165) is 31.2 Å². The standard InChI is InChI=1S/C11H19N5O.2ClH/c12-4-3-10-13-11(15-14-10)9-6-16-5-1-2-8(16)7-17-9;;/h8-9H,1-7,12H2,(H,13,14,15);2*1H. The number of ether oxygens (including phenoxy) is 1. The van der Waals surface area contributed by atoms with Gasteiger partial charge in [0.15, 0.2) is 5.82 Å². The Morgan fingerprint density at radius 3 is 3.05 bits per heavy atom. The second-order valence-corrected chi connectivity index (χ2v) is 4.79. The van der Waals surface area contributed by atoms with Gasteiger partial charge in [0.05, 0.1) is 6.61 Å². The molecular weight excluding hydrogens is 289 g/mol. The second-order valence-electron chi connectivity index (χ2n) is 4.79. The van der Waals surface area contributed by atoms with Crippen molar-refractivity contribution in [2.24, 2.45) is 5.73 Å². The van der Waals surface area contributed by atoms with Gasteiger partial charge in [0.2, 0.25) is 0 Å². The third-order valence-electron chi connectivity index (χ3n) is 3.61. The molecule has 1 aromatic heterocycles. The zero-order valence-electron chi connectivity index (χ0n) is 10.7. The van der Waals surface area contributed by atoms with E-state index in [0.29, 0.717) is 12.6 Å². The molecular formula is C11H21Cl2N5O. The molecule has 0 aromatic carbocycles. The number of nitrogens with one attached hydrogen (secondary N) is 1. The number of aromatic amines is 1. The van der Waals surface area contributed by atoms with Gasteiger partial charge in [-0.2, -0.15) is 5.10 Å². The average Bonchev–Trinajstić information content (AvgIpc) is 2.96. The molecule has 0 amide bonds. The highest BCUT2D eigenvalue weighted by atomic mass is 35.5. The predicted molar refractivity (Wildman–Crippen MR) is 76.9 cm³/mol. The predicted octanol–water partition coefficient (Wildman–Crippen LogP) is 0.685. The van der Waals surface area contributed by atoms with Crippen LogP contribution in [0.3, 0.4) is 0 Å². The summed E-state index contributed by atoms with van der Waals surface area (Å²) in [5.41, 5.74) is 5.49. The van der Waals surface area contributed by atoms with Crippen LogP contribution in [0.15, 0.2) is 0 Å². The Balaban J connectivity index is 0.000000902. The number of hydrogen-bond acceptors (Lipinski definition) is 5. The summed E-state index contributed by atoms with van der Waals surface area (Å²) in [6.07, 6.45) is 3.31. The van der Waals surface area contributed by atoms with Crippen molar-refractivity contribution in [2.75, 3.05) is 26.2 Å². The van der Waals surface area contributed by atoms with E-state index in [-0.39, 0.29) is 30.9 Å². The van der Waals surface area contributed by atoms with Crippen LogP contribution in [-0.2, 0) is 11.2 Å². The Morgan fingerprint density at radius 1 is 1.42 bits per heavy atom. The Kier molecular flexibility index (Phi) is 6.49. The topological polar surface area (TPSA) is 80.1 Å². The van der Waals surface area contributed by atoms with Gasteiger partial charge in [0.1, 0.15) is 11.9 Å². The molecule has 3 rings (SSSR count). The maximum atomic E-state index is 5.85. The van der Waals surface area contributed by atoms with Crippen molar-refractivity contribution in [3.63, 3.8) is 0 Å². The van der Waals surface area contributed by atoms with Gasteiger partial charge in [0, 0.05) is 19.0 Å². The van der Waals surface area contributed by atoms with Crippen molar-refractivity contribution in [2.45, 2.75) is 31.4 Å². The average molecular weight is 310 g/mol. The van der Waals surface area contributed by atoms with Crippen LogP contribution in [0.1, 0.15) is 30.6 Å². The van der Waals surface area contributed by atoms with E-state index in [2.05, 4.69) is 20.1 Å². The number of H-pyrrole nitrogens is 1. The summed E-state index contributed by atoms with van der Waals surface area (Å²) in [6, 6.07) is 0.619. The van der Waals surface area contributed by atoms with Crippen LogP contribution in [0.2, 0.25) is 0 Å². The second kappa shape index (κ2) is 7.40. The molecule has 1 aromatic rings. The number of nitrogens with zero attached hydrogens (tertiary/aromatic N) is 3. The number of halogens is 2. The Labute approximate surface area is 125 Å². The van der Waals surface area contributed by atoms with Crippen molar-refractivity contribution in [1.82, 2.24) is 20.1 Å². The first-order valence-electron chi connectivity index (χ1n) is 6.33. The van der Waals surface area contributed by atoms with Crippen molar-refractivity contribution in [3.8, 4) is 0 Å². The van der Waals surface area contributed by atoms with Crippen LogP contribution in [-0.4, -0.2) is 52.4 Å². The molecule has 0 spiro atoms. The molecule has 2 atom stereocenters. The molecule has 2 saturated heterocycles. The molecule has 2 aliphatic heterocycles. The molecule has 19 heavy (non-hydrogen) atoms. The van der Waals surface area contributed by atoms with Crippen molar-refractivity contribution < 1.29 is 4.74 Å². The fourth-order valence-corrected chi connectivity index (χ4v) is 2.68. The summed E-state index contributed by atoms with van der Waals surface area (Å²) in [5.74, 6) is 1.63. The van der Waals surface area contributed by atoms with Crippen molar-refractivity contribution >= 4 is 24.8 Å². The lowest BCUT2D eigenvalue weighted by molar-refractivity contribution is -0.0540. The Hall–Kier alpha value is -0.400. The highest BCUT2D eigenvalue weighted by Crippen LogP contribution is 2.28. The van der Waals surface area contributed by atoms with Gasteiger partial charge < -0.3 is 10.5 Å². The number of aromatic nitrogens is 3. The van der Waals surface area contributed by atoms with Gasteiger partial charge in [-0.25, -0.2) is 4.98 Å². The van der Waals surface area contributed by atoms with E-state index in [1.807, 2.05) is 0 Å². The van der Waals surface area contributed by atoms with Gasteiger partial charge >= 0.3 is 0 Å². The fraction of sp³-hybridized carbons (Fsp3) is 0.818. The minimum atomic E-state index is 0. The highest BCUT2D eigenvalue weighted by Gasteiger charge is 2.34. The maximum Gasteiger partial charge on any atom is 0.180 e. The molecule has 3 heterocycles. The first-order valence-corrected chi connectivity index (χ1v) is 6.33. The van der Waals surface area contributed by atoms with Crippen LogP contribution in [0.4, 0.5) is 0 Å². The fourth-order valence-electron chi connectivity index (χ4n) is 2.68. The zero-order valence-corrected chi connectivity index (χ0v) is 12.4. The summed E-state index contributed by atoms with van der Waals surface area (Å²) in [5, 5.41) is 7.15. The molecule has 0 saturated carbocycles. The number of morpholine rings is 1. The molecule has 2 unspecified atom stereocenters. The van der Waals surface area contributed by atoms with E-state index in [4.69, 9.17) is 10.5 Å². The van der Waals surface area contributed by atoms with Crippen molar-refractivity contribution in [1.29, 1.82) is 0 Å². The van der Waals surface area contributed by atoms with Crippen LogP contribution in [0.5, 0.6) is 0 Å². The largest absolute Gasteiger partial charge is 0.367 e. The minimum absolute atomic E-state index is 0. The van der Waals surface area contributed by atoms with Gasteiger partial charge in [-0.15, -0.1) is 24.8 Å². The van der Waals surface area contributed by atoms with E-state index >= 15 is 0 Å². The summed E-state index contributed by atoms with van der Waals surface area (Å²) >= 11 is 0. The molecule has 2 aliphatic rings. The summed E-state index contributed by atoms with van der Waals surface area (Å²) in [7, 11) is 0. The van der Waals surface area contributed by atoms with Crippen LogP contribution in [0, 0.1) is 0 Å². The zero-order chi connectivity index (χ0) is 11.7. The maximum absolute atomic E-state index is 5.85. The summed E-state index contributed by atoms with van der Waals surface area (Å²) < 4.78 is 5.85. The van der Waals surface area contributed by atoms with Crippen LogP contribution in [0.25, 0.3) is 0 Å². The number of fused-ring (bicyclic) bond motifs is 1. The third kappa shape index (κ3) is 3.58. The lowest BCUT2D eigenvalue weighted by Gasteiger charge is -2.33. The molecule has 8 heteroatoms. The van der Waals surface area contributed by atoms with Crippen LogP contribution < -0.4 is 5.73 Å². The molecule has 110 valence electrons. The number of hydrogen-bond donors (Lipinski definition) is 2. The molecule has 0 aliphatic carbocycles. The van der Waals surface area contributed by atoms with Crippen molar-refractivity contribution in [3.05, 3.63) is 11.6 Å². The molecule has 0 radical (unpaired) electrons. The van der Waals surface area contributed by atoms with Gasteiger partial charge in [-0.3, -0.25) is 10.00 Å². The van der Waals surface area contributed by atoms with E-state index in [9.17, 15) is 0 Å². The molecule has 3 N–H and O–H groups in total. The summed E-state index contributed by atoms with van der Waals surface area (Å²) in [4.78, 5) is 6.93. The lowest BCUT2D eigenvalue weighted by atomic mass is 10.2. The highest BCUT2D eigenvalue weighted by molar-refractivity contribution is 5.85. The van der Waals surface area contributed by atoms with Gasteiger partial charge in [-0.05, 0) is 25.9 Å². The molecule has 0 bridgehead atoms. The minimum Gasteiger partial charge on any atom is -0.367 e. The smallest absolute Gasteiger partial charge is 0.180 e. The lowest BCUT2D eigenvalue weighted by Crippen LogP contribution is -2.42. The molecule has 2 fully saturated rings. The van der Waals surface area contributed by atoms with E-state index < -0.39 is 0 Å². The van der Waals surface area contributed by atoms with Gasteiger partial charge in [0.25, 0.3) is 0 Å². The first-order chi connectivity index (χ1) is 8.36. The quantitative estimate of drug-likeness (QED) is 0.858. The molecule has 6 nitrogen and oxygen atoms in total.